The molecule has 0 spiro atoms. The van der Waals surface area contributed by atoms with E-state index in [9.17, 15) is 4.79 Å². The minimum absolute atomic E-state index is 0.0855. The number of aliphatic imine (C=N–C) groups is 1. The average molecular weight is 195 g/mol. The highest BCUT2D eigenvalue weighted by Gasteiger charge is 2.27. The van der Waals surface area contributed by atoms with E-state index in [-0.39, 0.29) is 11.9 Å². The number of carbonyl (C=O) groups excluding carboxylic acids is 1. The van der Waals surface area contributed by atoms with Crippen LogP contribution in [0.1, 0.15) is 6.92 Å². The summed E-state index contributed by atoms with van der Waals surface area (Å²) < 4.78 is 0. The molecule has 62 valence electrons. The highest BCUT2D eigenvalue weighted by atomic mass is 35.5. The predicted octanol–water partition coefficient (Wildman–Crippen LogP) is 0.748. The third-order valence-corrected chi connectivity index (χ3v) is 1.91. The number of hydrogen-bond donors (Lipinski definition) is 1. The molecule has 5 heteroatoms. The summed E-state index contributed by atoms with van der Waals surface area (Å²) in [6, 6.07) is -0.508. The van der Waals surface area contributed by atoms with Crippen molar-refractivity contribution < 1.29 is 4.79 Å². The van der Waals surface area contributed by atoms with Crippen molar-refractivity contribution in [3.8, 4) is 0 Å². The fourth-order valence-electron chi connectivity index (χ4n) is 0.848. The van der Waals surface area contributed by atoms with Gasteiger partial charge in [0.05, 0.1) is 12.4 Å². The first-order valence-corrected chi connectivity index (χ1v) is 4.10. The van der Waals surface area contributed by atoms with Gasteiger partial charge in [-0.1, -0.05) is 0 Å². The molecule has 2 atom stereocenters. The average Bonchev–Trinajstić information content (AvgIpc) is 1.94. The van der Waals surface area contributed by atoms with Crippen LogP contribution in [0.3, 0.4) is 0 Å². The summed E-state index contributed by atoms with van der Waals surface area (Å²) in [6.07, 6.45) is 1.18. The molecule has 1 rings (SSSR count). The molecule has 1 aliphatic rings. The Labute approximate surface area is 74.8 Å². The number of hydrogen-bond acceptors (Lipinski definition) is 3. The third-order valence-electron chi connectivity index (χ3n) is 1.40. The molecule has 2 unspecified atom stereocenters. The fraction of sp³-hybridized carbons (Fsp3) is 0.667. The van der Waals surface area contributed by atoms with Crippen LogP contribution in [-0.4, -0.2) is 29.0 Å². The van der Waals surface area contributed by atoms with E-state index in [1.807, 2.05) is 6.92 Å². The molecule has 1 heterocycles. The standard InChI is InChI=1S/C6H8Cl2N2O/c1-3-9-2-4(11)5(10-3)6(7)8/h2-3,5-6,10H,1H3. The Morgan fingerprint density at radius 3 is 2.82 bits per heavy atom. The third kappa shape index (κ3) is 2.15. The van der Waals surface area contributed by atoms with Crippen molar-refractivity contribution in [2.45, 2.75) is 24.0 Å². The van der Waals surface area contributed by atoms with Crippen LogP contribution in [0.2, 0.25) is 0 Å². The minimum atomic E-state index is -0.711. The number of Topliss-reactive ketones (excluding diaryl/α,β-unsaturated/α-hetero) is 1. The van der Waals surface area contributed by atoms with Crippen molar-refractivity contribution in [2.75, 3.05) is 0 Å². The number of rotatable bonds is 1. The molecule has 0 aromatic carbocycles. The van der Waals surface area contributed by atoms with Crippen LogP contribution in [0.4, 0.5) is 0 Å². The summed E-state index contributed by atoms with van der Waals surface area (Å²) in [6.45, 7) is 1.83. The molecule has 11 heavy (non-hydrogen) atoms. The molecule has 0 saturated carbocycles. The first-order valence-electron chi connectivity index (χ1n) is 3.22. The lowest BCUT2D eigenvalue weighted by atomic mass is 10.2. The maximum Gasteiger partial charge on any atom is 0.193 e. The molecule has 0 bridgehead atoms. The van der Waals surface area contributed by atoms with Crippen LogP contribution in [-0.2, 0) is 4.79 Å². The predicted molar refractivity (Wildman–Crippen MR) is 45.4 cm³/mol. The monoisotopic (exact) mass is 194 g/mol. The molecule has 0 fully saturated rings. The van der Waals surface area contributed by atoms with Crippen molar-refractivity contribution in [1.82, 2.24) is 5.32 Å². The van der Waals surface area contributed by atoms with E-state index in [0.29, 0.717) is 0 Å². The van der Waals surface area contributed by atoms with E-state index in [0.717, 1.165) is 0 Å². The zero-order valence-electron chi connectivity index (χ0n) is 5.92. The van der Waals surface area contributed by atoms with Gasteiger partial charge >= 0.3 is 0 Å². The van der Waals surface area contributed by atoms with Gasteiger partial charge in [-0.25, -0.2) is 0 Å². The number of halogens is 2. The molecule has 3 nitrogen and oxygen atoms in total. The van der Waals surface area contributed by atoms with E-state index < -0.39 is 10.9 Å². The van der Waals surface area contributed by atoms with Crippen molar-refractivity contribution in [3.63, 3.8) is 0 Å². The van der Waals surface area contributed by atoms with Crippen molar-refractivity contribution in [2.24, 2.45) is 4.99 Å². The van der Waals surface area contributed by atoms with Gasteiger partial charge in [-0.3, -0.25) is 15.1 Å². The normalized spacial score (nSPS) is 31.5. The van der Waals surface area contributed by atoms with E-state index in [1.165, 1.54) is 6.21 Å². The van der Waals surface area contributed by atoms with Crippen LogP contribution in [0, 0.1) is 0 Å². The number of carbonyl (C=O) groups is 1. The molecular weight excluding hydrogens is 187 g/mol. The van der Waals surface area contributed by atoms with Crippen LogP contribution in [0.5, 0.6) is 0 Å². The minimum Gasteiger partial charge on any atom is -0.291 e. The molecule has 1 aliphatic heterocycles. The summed E-state index contributed by atoms with van der Waals surface area (Å²) in [4.78, 5) is 14.1. The van der Waals surface area contributed by atoms with Crippen LogP contribution < -0.4 is 5.32 Å². The zero-order valence-corrected chi connectivity index (χ0v) is 7.43. The highest BCUT2D eigenvalue weighted by molar-refractivity contribution is 6.48. The first-order chi connectivity index (χ1) is 5.11. The number of ketones is 1. The SMILES string of the molecule is CC1N=CC(=O)C(C(Cl)Cl)N1. The van der Waals surface area contributed by atoms with E-state index in [1.54, 1.807) is 0 Å². The Kier molecular flexibility index (Phi) is 2.87. The Balaban J connectivity index is 2.68. The molecule has 0 saturated heterocycles. The number of nitrogens with one attached hydrogen (secondary N) is 1. The van der Waals surface area contributed by atoms with Crippen molar-refractivity contribution in [1.29, 1.82) is 0 Å². The zero-order chi connectivity index (χ0) is 8.43. The van der Waals surface area contributed by atoms with E-state index in [4.69, 9.17) is 23.2 Å². The van der Waals surface area contributed by atoms with Crippen molar-refractivity contribution in [3.05, 3.63) is 0 Å². The summed E-state index contributed by atoms with van der Waals surface area (Å²) in [5, 5.41) is 2.85. The lowest BCUT2D eigenvalue weighted by Gasteiger charge is -2.22. The maximum atomic E-state index is 11.0. The van der Waals surface area contributed by atoms with Gasteiger partial charge in [-0.15, -0.1) is 23.2 Å². The Hall–Kier alpha value is -0.120. The van der Waals surface area contributed by atoms with Gasteiger partial charge in [0.2, 0.25) is 0 Å². The van der Waals surface area contributed by atoms with Gasteiger partial charge < -0.3 is 0 Å². The van der Waals surface area contributed by atoms with Gasteiger partial charge in [0.1, 0.15) is 10.9 Å². The van der Waals surface area contributed by atoms with Gasteiger partial charge in [-0.2, -0.15) is 0 Å². The van der Waals surface area contributed by atoms with Crippen LogP contribution in [0.15, 0.2) is 4.99 Å². The van der Waals surface area contributed by atoms with Gasteiger partial charge in [-0.05, 0) is 6.92 Å². The quantitative estimate of drug-likeness (QED) is 0.627. The second-order valence-electron chi connectivity index (χ2n) is 2.34. The maximum absolute atomic E-state index is 11.0. The lowest BCUT2D eigenvalue weighted by Crippen LogP contribution is -2.49. The van der Waals surface area contributed by atoms with Crippen LogP contribution in [0.25, 0.3) is 0 Å². The first kappa shape index (κ1) is 8.97. The molecule has 0 amide bonds. The molecule has 0 radical (unpaired) electrons. The molecule has 0 aliphatic carbocycles. The highest BCUT2D eigenvalue weighted by Crippen LogP contribution is 2.11. The smallest absolute Gasteiger partial charge is 0.193 e. The molecule has 1 N–H and O–H groups in total. The van der Waals surface area contributed by atoms with Gasteiger partial charge in [0.25, 0.3) is 0 Å². The van der Waals surface area contributed by atoms with E-state index >= 15 is 0 Å². The van der Waals surface area contributed by atoms with Gasteiger partial charge in [0, 0.05) is 0 Å². The lowest BCUT2D eigenvalue weighted by molar-refractivity contribution is -0.114. The Morgan fingerprint density at radius 2 is 2.36 bits per heavy atom. The Bertz CT molecular complexity index is 193. The second kappa shape index (κ2) is 3.52. The fourth-order valence-corrected chi connectivity index (χ4v) is 1.24. The topological polar surface area (TPSA) is 41.5 Å². The molecule has 0 aromatic rings. The number of alkyl halides is 2. The second-order valence-corrected chi connectivity index (χ2v) is 3.50. The largest absolute Gasteiger partial charge is 0.291 e. The summed E-state index contributed by atoms with van der Waals surface area (Å²) in [5.74, 6) is -0.168. The van der Waals surface area contributed by atoms with Crippen LogP contribution >= 0.6 is 23.2 Å². The van der Waals surface area contributed by atoms with Gasteiger partial charge in [0.15, 0.2) is 5.78 Å². The number of nitrogens with zero attached hydrogens (tertiary/aromatic N) is 1. The van der Waals surface area contributed by atoms with E-state index in [2.05, 4.69) is 10.3 Å². The Morgan fingerprint density at radius 1 is 1.73 bits per heavy atom. The molecular formula is C6H8Cl2N2O. The summed E-state index contributed by atoms with van der Waals surface area (Å²) in [7, 11) is 0. The molecule has 0 aromatic heterocycles. The summed E-state index contributed by atoms with van der Waals surface area (Å²) in [5.41, 5.74) is 0. The summed E-state index contributed by atoms with van der Waals surface area (Å²) >= 11 is 11.1. The van der Waals surface area contributed by atoms with Crippen molar-refractivity contribution >= 4 is 35.2 Å².